The summed E-state index contributed by atoms with van der Waals surface area (Å²) >= 11 is 0. The van der Waals surface area contributed by atoms with Gasteiger partial charge in [0.2, 0.25) is 0 Å². The first-order valence-corrected chi connectivity index (χ1v) is 7.54. The Labute approximate surface area is 142 Å². The van der Waals surface area contributed by atoms with Gasteiger partial charge in [0.1, 0.15) is 12.8 Å². The van der Waals surface area contributed by atoms with Gasteiger partial charge in [-0.1, -0.05) is 30.3 Å². The number of amides is 1. The van der Waals surface area contributed by atoms with Gasteiger partial charge in [0.25, 0.3) is 5.91 Å². The lowest BCUT2D eigenvalue weighted by molar-refractivity contribution is -0.133. The summed E-state index contributed by atoms with van der Waals surface area (Å²) in [6.07, 6.45) is -3.06. The second-order valence-corrected chi connectivity index (χ2v) is 5.38. The molecule has 0 fully saturated rings. The molecule has 0 bridgehead atoms. The van der Waals surface area contributed by atoms with E-state index >= 15 is 0 Å². The van der Waals surface area contributed by atoms with Gasteiger partial charge in [-0.2, -0.15) is 8.78 Å². The average Bonchev–Trinajstić information content (AvgIpc) is 2.65. The van der Waals surface area contributed by atoms with Gasteiger partial charge in [-0.05, 0) is 17.2 Å². The molecule has 8 heteroatoms. The largest absolute Gasteiger partial charge is 0.386 e. The maximum absolute atomic E-state index is 13.0. The molecular weight excluding hydrogens is 335 g/mol. The van der Waals surface area contributed by atoms with E-state index in [4.69, 9.17) is 5.73 Å². The molecular formula is C17H18F3N3O2. The van der Waals surface area contributed by atoms with Crippen LogP contribution in [0, 0.1) is 0 Å². The predicted molar refractivity (Wildman–Crippen MR) is 86.4 cm³/mol. The summed E-state index contributed by atoms with van der Waals surface area (Å²) in [6.45, 7) is -0.841. The van der Waals surface area contributed by atoms with Crippen molar-refractivity contribution in [2.75, 3.05) is 6.67 Å². The van der Waals surface area contributed by atoms with Gasteiger partial charge < -0.3 is 16.2 Å². The number of aliphatic hydroxyl groups excluding tert-OH is 1. The van der Waals surface area contributed by atoms with E-state index in [1.54, 1.807) is 29.7 Å². The number of aliphatic hydroxyl groups is 1. The lowest BCUT2D eigenvalue weighted by Gasteiger charge is -2.22. The van der Waals surface area contributed by atoms with Crippen molar-refractivity contribution in [3.63, 3.8) is 0 Å². The minimum Gasteiger partial charge on any atom is -0.386 e. The van der Waals surface area contributed by atoms with E-state index in [2.05, 4.69) is 4.98 Å². The van der Waals surface area contributed by atoms with Crippen molar-refractivity contribution < 1.29 is 23.1 Å². The van der Waals surface area contributed by atoms with Crippen LogP contribution in [0.3, 0.4) is 0 Å². The third-order valence-electron chi connectivity index (χ3n) is 3.69. The summed E-state index contributed by atoms with van der Waals surface area (Å²) in [5, 5.41) is 11.9. The summed E-state index contributed by atoms with van der Waals surface area (Å²) in [4.78, 5) is 15.2. The van der Waals surface area contributed by atoms with Crippen LogP contribution >= 0.6 is 0 Å². The van der Waals surface area contributed by atoms with Crippen LogP contribution < -0.4 is 11.1 Å². The minimum atomic E-state index is -3.27. The average molecular weight is 353 g/mol. The Morgan fingerprint density at radius 2 is 1.80 bits per heavy atom. The fraction of sp³-hybridized carbons (Fsp3) is 0.294. The summed E-state index contributed by atoms with van der Waals surface area (Å²) in [5.74, 6) is -1.62. The number of alkyl halides is 3. The Morgan fingerprint density at radius 1 is 1.16 bits per heavy atom. The van der Waals surface area contributed by atoms with E-state index in [-0.39, 0.29) is 0 Å². The summed E-state index contributed by atoms with van der Waals surface area (Å²) < 4.78 is 37.5. The van der Waals surface area contributed by atoms with Crippen LogP contribution in [0.25, 0.3) is 11.1 Å². The maximum atomic E-state index is 13.0. The Balaban J connectivity index is 2.12. The number of carbonyl (C=O) groups excluding carboxylic acids is 1. The molecule has 2 atom stereocenters. The molecule has 0 saturated carbocycles. The van der Waals surface area contributed by atoms with E-state index in [0.29, 0.717) is 12.1 Å². The molecule has 0 radical (unpaired) electrons. The number of carbonyl (C=O) groups is 1. The number of nitrogens with one attached hydrogen (secondary N) is 1. The molecule has 25 heavy (non-hydrogen) atoms. The summed E-state index contributed by atoms with van der Waals surface area (Å²) in [5.41, 5.74) is 8.16. The Morgan fingerprint density at radius 3 is 2.28 bits per heavy atom. The zero-order chi connectivity index (χ0) is 18.4. The summed E-state index contributed by atoms with van der Waals surface area (Å²) in [6, 6.07) is 8.62. The SMILES string of the molecule is NCc1ccc(-c2ccc([C@H](O)[C@@H](CF)NC(=O)C(F)F)cc2)cn1. The van der Waals surface area contributed by atoms with Crippen molar-refractivity contribution in [2.45, 2.75) is 25.1 Å². The highest BCUT2D eigenvalue weighted by Gasteiger charge is 2.26. The molecule has 0 aliphatic carbocycles. The topological polar surface area (TPSA) is 88.2 Å². The van der Waals surface area contributed by atoms with Crippen LogP contribution in [0.1, 0.15) is 17.4 Å². The molecule has 0 aliphatic heterocycles. The third kappa shape index (κ3) is 4.77. The van der Waals surface area contributed by atoms with Crippen molar-refractivity contribution >= 4 is 5.91 Å². The predicted octanol–water partition coefficient (Wildman–Crippen LogP) is 1.96. The minimum absolute atomic E-state index is 0.299. The van der Waals surface area contributed by atoms with Gasteiger partial charge in [0.15, 0.2) is 0 Å². The third-order valence-corrected chi connectivity index (χ3v) is 3.69. The van der Waals surface area contributed by atoms with Gasteiger partial charge in [0.05, 0.1) is 11.7 Å². The molecule has 134 valence electrons. The number of hydrogen-bond donors (Lipinski definition) is 3. The molecule has 1 heterocycles. The first-order chi connectivity index (χ1) is 12.0. The van der Waals surface area contributed by atoms with Gasteiger partial charge in [0, 0.05) is 18.3 Å². The number of pyridine rings is 1. The molecule has 4 N–H and O–H groups in total. The van der Waals surface area contributed by atoms with E-state index in [9.17, 15) is 23.1 Å². The van der Waals surface area contributed by atoms with E-state index < -0.39 is 31.2 Å². The van der Waals surface area contributed by atoms with Crippen LogP contribution in [0.2, 0.25) is 0 Å². The molecule has 0 unspecified atom stereocenters. The summed E-state index contributed by atoms with van der Waals surface area (Å²) in [7, 11) is 0. The number of nitrogens with two attached hydrogens (primary N) is 1. The maximum Gasteiger partial charge on any atom is 0.315 e. The molecule has 0 spiro atoms. The Kier molecular flexibility index (Phi) is 6.49. The van der Waals surface area contributed by atoms with Gasteiger partial charge in [-0.3, -0.25) is 9.78 Å². The van der Waals surface area contributed by atoms with Crippen molar-refractivity contribution in [1.29, 1.82) is 0 Å². The molecule has 5 nitrogen and oxygen atoms in total. The zero-order valence-corrected chi connectivity index (χ0v) is 13.2. The molecule has 1 aromatic heterocycles. The highest BCUT2D eigenvalue weighted by atomic mass is 19.3. The number of aromatic nitrogens is 1. The molecule has 0 aliphatic rings. The van der Waals surface area contributed by atoms with Crippen LogP contribution in [-0.4, -0.2) is 35.1 Å². The number of nitrogens with zero attached hydrogens (tertiary/aromatic N) is 1. The number of rotatable bonds is 7. The quantitative estimate of drug-likeness (QED) is 0.710. The molecule has 2 rings (SSSR count). The Bertz CT molecular complexity index is 693. The zero-order valence-electron chi connectivity index (χ0n) is 13.2. The van der Waals surface area contributed by atoms with Gasteiger partial charge >= 0.3 is 6.43 Å². The highest BCUT2D eigenvalue weighted by Crippen LogP contribution is 2.23. The fourth-order valence-corrected chi connectivity index (χ4v) is 2.27. The lowest BCUT2D eigenvalue weighted by atomic mass is 9.99. The second-order valence-electron chi connectivity index (χ2n) is 5.38. The molecule has 1 aromatic carbocycles. The Hall–Kier alpha value is -2.45. The van der Waals surface area contributed by atoms with E-state index in [1.807, 2.05) is 6.07 Å². The molecule has 1 amide bonds. The number of halogens is 3. The van der Waals surface area contributed by atoms with Crippen LogP contribution in [0.4, 0.5) is 13.2 Å². The standard InChI is InChI=1S/C17H18F3N3O2/c18-7-14(23-17(25)16(19)20)15(24)11-3-1-10(2-4-11)12-5-6-13(8-21)22-9-12/h1-6,9,14-16,24H,7-8,21H2,(H,23,25)/t14-,15+/m1/s1. The van der Waals surface area contributed by atoms with Crippen molar-refractivity contribution in [1.82, 2.24) is 10.3 Å². The second kappa shape index (κ2) is 8.59. The number of hydrogen-bond acceptors (Lipinski definition) is 4. The van der Waals surface area contributed by atoms with Gasteiger partial charge in [-0.25, -0.2) is 4.39 Å². The van der Waals surface area contributed by atoms with Crippen LogP contribution in [-0.2, 0) is 11.3 Å². The fourth-order valence-electron chi connectivity index (χ4n) is 2.27. The first kappa shape index (κ1) is 18.9. The lowest BCUT2D eigenvalue weighted by Crippen LogP contribution is -2.43. The van der Waals surface area contributed by atoms with Gasteiger partial charge in [-0.15, -0.1) is 0 Å². The molecule has 2 aromatic rings. The van der Waals surface area contributed by atoms with Crippen molar-refractivity contribution in [3.8, 4) is 11.1 Å². The highest BCUT2D eigenvalue weighted by molar-refractivity contribution is 5.79. The monoisotopic (exact) mass is 353 g/mol. The van der Waals surface area contributed by atoms with E-state index in [0.717, 1.165) is 16.8 Å². The normalized spacial score (nSPS) is 13.5. The van der Waals surface area contributed by atoms with Crippen molar-refractivity contribution in [3.05, 3.63) is 53.9 Å². The first-order valence-electron chi connectivity index (χ1n) is 7.54. The smallest absolute Gasteiger partial charge is 0.315 e. The van der Waals surface area contributed by atoms with Crippen LogP contribution in [0.15, 0.2) is 42.6 Å². The van der Waals surface area contributed by atoms with E-state index in [1.165, 1.54) is 12.1 Å². The number of benzene rings is 1. The van der Waals surface area contributed by atoms with Crippen LogP contribution in [0.5, 0.6) is 0 Å². The van der Waals surface area contributed by atoms with Crippen molar-refractivity contribution in [2.24, 2.45) is 5.73 Å². The molecule has 0 saturated heterocycles.